The maximum atomic E-state index is 13.5. The van der Waals surface area contributed by atoms with Crippen LogP contribution in [0.25, 0.3) is 16.3 Å². The van der Waals surface area contributed by atoms with Gasteiger partial charge in [0.05, 0.1) is 27.9 Å². The first-order valence-electron chi connectivity index (χ1n) is 8.82. The molecule has 1 amide bonds. The van der Waals surface area contributed by atoms with Crippen LogP contribution >= 0.6 is 11.3 Å². The van der Waals surface area contributed by atoms with Gasteiger partial charge in [0.1, 0.15) is 11.6 Å². The van der Waals surface area contributed by atoms with E-state index in [0.29, 0.717) is 26.7 Å². The van der Waals surface area contributed by atoms with Gasteiger partial charge < -0.3 is 4.42 Å². The molecule has 0 bridgehead atoms. The highest BCUT2D eigenvalue weighted by molar-refractivity contribution is 7.22. The molecule has 2 aromatic heterocycles. The standard InChI is InChI=1S/C21H14FN3O4S/c22-15-6-9-18-19(12-15)30-21(23-18)24(13-17-2-1-11-29-17)20(26)10-5-14-3-7-16(8-4-14)25(27)28/h1-12H,13H2/b10-5-. The number of hydrogen-bond acceptors (Lipinski definition) is 6. The number of non-ortho nitro benzene ring substituents is 1. The number of amides is 1. The van der Waals surface area contributed by atoms with Crippen molar-refractivity contribution in [1.29, 1.82) is 0 Å². The molecule has 0 aliphatic rings. The van der Waals surface area contributed by atoms with Gasteiger partial charge in [0, 0.05) is 18.2 Å². The summed E-state index contributed by atoms with van der Waals surface area (Å²) in [5.74, 6) is -0.165. The van der Waals surface area contributed by atoms with Crippen molar-refractivity contribution in [3.63, 3.8) is 0 Å². The highest BCUT2D eigenvalue weighted by atomic mass is 32.1. The molecule has 9 heteroatoms. The Morgan fingerprint density at radius 2 is 2.03 bits per heavy atom. The zero-order valence-electron chi connectivity index (χ0n) is 15.4. The summed E-state index contributed by atoms with van der Waals surface area (Å²) >= 11 is 1.20. The Kier molecular flexibility index (Phi) is 5.36. The molecule has 0 aliphatic heterocycles. The number of nitrogens with zero attached hydrogens (tertiary/aromatic N) is 3. The molecule has 2 heterocycles. The lowest BCUT2D eigenvalue weighted by atomic mass is 10.2. The van der Waals surface area contributed by atoms with Gasteiger partial charge in [-0.05, 0) is 54.1 Å². The van der Waals surface area contributed by atoms with Gasteiger partial charge in [-0.15, -0.1) is 0 Å². The maximum absolute atomic E-state index is 13.5. The fourth-order valence-electron chi connectivity index (χ4n) is 2.76. The van der Waals surface area contributed by atoms with Gasteiger partial charge in [0.15, 0.2) is 5.13 Å². The van der Waals surface area contributed by atoms with Crippen molar-refractivity contribution in [2.24, 2.45) is 0 Å². The number of thiazole rings is 1. The third kappa shape index (κ3) is 4.26. The smallest absolute Gasteiger partial charge is 0.269 e. The average molecular weight is 423 g/mol. The highest BCUT2D eigenvalue weighted by Gasteiger charge is 2.20. The lowest BCUT2D eigenvalue weighted by molar-refractivity contribution is -0.384. The van der Waals surface area contributed by atoms with Crippen LogP contribution in [0.1, 0.15) is 11.3 Å². The Hall–Kier alpha value is -3.85. The summed E-state index contributed by atoms with van der Waals surface area (Å²) in [4.78, 5) is 29.1. The number of anilines is 1. The van der Waals surface area contributed by atoms with E-state index in [-0.39, 0.29) is 24.0 Å². The van der Waals surface area contributed by atoms with Crippen LogP contribution in [-0.4, -0.2) is 15.8 Å². The number of nitro groups is 1. The maximum Gasteiger partial charge on any atom is 0.269 e. The van der Waals surface area contributed by atoms with Gasteiger partial charge >= 0.3 is 0 Å². The fourth-order valence-corrected chi connectivity index (χ4v) is 3.76. The zero-order chi connectivity index (χ0) is 21.1. The van der Waals surface area contributed by atoms with Crippen LogP contribution in [-0.2, 0) is 11.3 Å². The molecule has 30 heavy (non-hydrogen) atoms. The number of carbonyl (C=O) groups is 1. The van der Waals surface area contributed by atoms with Gasteiger partial charge in [-0.3, -0.25) is 19.8 Å². The predicted octanol–water partition coefficient (Wildman–Crippen LogP) is 5.18. The van der Waals surface area contributed by atoms with E-state index in [4.69, 9.17) is 4.42 Å². The number of aromatic nitrogens is 1. The first-order chi connectivity index (χ1) is 14.5. The first kappa shape index (κ1) is 19.5. The van der Waals surface area contributed by atoms with Gasteiger partial charge in [0.25, 0.3) is 11.6 Å². The Balaban J connectivity index is 1.62. The number of benzene rings is 2. The Bertz CT molecular complexity index is 1230. The van der Waals surface area contributed by atoms with Crippen LogP contribution in [0.2, 0.25) is 0 Å². The summed E-state index contributed by atoms with van der Waals surface area (Å²) < 4.78 is 19.5. The van der Waals surface area contributed by atoms with Crippen molar-refractivity contribution in [2.75, 3.05) is 4.90 Å². The molecule has 0 fully saturated rings. The first-order valence-corrected chi connectivity index (χ1v) is 9.64. The Labute approximate surface area is 173 Å². The number of halogens is 1. The molecule has 0 atom stereocenters. The molecule has 0 spiro atoms. The Morgan fingerprint density at radius 3 is 2.73 bits per heavy atom. The number of hydrogen-bond donors (Lipinski definition) is 0. The lowest BCUT2D eigenvalue weighted by Gasteiger charge is -2.16. The van der Waals surface area contributed by atoms with Crippen molar-refractivity contribution < 1.29 is 18.5 Å². The van der Waals surface area contributed by atoms with Crippen LogP contribution in [0.4, 0.5) is 15.2 Å². The second-order valence-corrected chi connectivity index (χ2v) is 7.30. The second kappa shape index (κ2) is 8.26. The molecular weight excluding hydrogens is 409 g/mol. The summed E-state index contributed by atoms with van der Waals surface area (Å²) in [6.45, 7) is 0.152. The monoisotopic (exact) mass is 423 g/mol. The number of carbonyl (C=O) groups excluding carboxylic acids is 1. The van der Waals surface area contributed by atoms with Gasteiger partial charge in [0.2, 0.25) is 0 Å². The van der Waals surface area contributed by atoms with Crippen molar-refractivity contribution in [1.82, 2.24) is 4.98 Å². The van der Waals surface area contributed by atoms with Gasteiger partial charge in [-0.25, -0.2) is 9.37 Å². The Morgan fingerprint density at radius 1 is 1.23 bits per heavy atom. The summed E-state index contributed by atoms with van der Waals surface area (Å²) in [7, 11) is 0. The van der Waals surface area contributed by atoms with Crippen molar-refractivity contribution >= 4 is 44.4 Å². The van der Waals surface area contributed by atoms with Crippen LogP contribution in [0.15, 0.2) is 71.4 Å². The normalized spacial score (nSPS) is 11.2. The van der Waals surface area contributed by atoms with E-state index >= 15 is 0 Å². The molecule has 0 saturated heterocycles. The molecule has 0 unspecified atom stereocenters. The number of furan rings is 1. The summed E-state index contributed by atoms with van der Waals surface area (Å²) in [5, 5.41) is 11.2. The number of fused-ring (bicyclic) bond motifs is 1. The van der Waals surface area contributed by atoms with Crippen LogP contribution in [0.5, 0.6) is 0 Å². The topological polar surface area (TPSA) is 89.5 Å². The zero-order valence-corrected chi connectivity index (χ0v) is 16.2. The second-order valence-electron chi connectivity index (χ2n) is 6.29. The van der Waals surface area contributed by atoms with Crippen molar-refractivity contribution in [2.45, 2.75) is 6.54 Å². The van der Waals surface area contributed by atoms with Crippen LogP contribution < -0.4 is 4.90 Å². The van der Waals surface area contributed by atoms with E-state index in [9.17, 15) is 19.3 Å². The lowest BCUT2D eigenvalue weighted by Crippen LogP contribution is -2.28. The van der Waals surface area contributed by atoms with Crippen LogP contribution in [0.3, 0.4) is 0 Å². The van der Waals surface area contributed by atoms with E-state index in [0.717, 1.165) is 0 Å². The van der Waals surface area contributed by atoms with E-state index < -0.39 is 4.92 Å². The largest absolute Gasteiger partial charge is 0.467 e. The van der Waals surface area contributed by atoms with Gasteiger partial charge in [-0.2, -0.15) is 0 Å². The summed E-state index contributed by atoms with van der Waals surface area (Å²) in [6, 6.07) is 13.6. The average Bonchev–Trinajstić information content (AvgIpc) is 3.39. The molecule has 150 valence electrons. The fraction of sp³-hybridized carbons (Fsp3) is 0.0476. The molecular formula is C21H14FN3O4S. The molecule has 0 radical (unpaired) electrons. The molecule has 0 N–H and O–H groups in total. The predicted molar refractivity (Wildman–Crippen MR) is 112 cm³/mol. The SMILES string of the molecule is O=C(/C=C\c1ccc([N+](=O)[O-])cc1)N(Cc1ccco1)c1nc2ccc(F)cc2s1. The quantitative estimate of drug-likeness (QED) is 0.242. The highest BCUT2D eigenvalue weighted by Crippen LogP contribution is 2.30. The van der Waals surface area contributed by atoms with E-state index in [2.05, 4.69) is 4.98 Å². The van der Waals surface area contributed by atoms with E-state index in [1.54, 1.807) is 36.4 Å². The molecule has 4 rings (SSSR count). The third-order valence-corrected chi connectivity index (χ3v) is 5.29. The van der Waals surface area contributed by atoms with Crippen molar-refractivity contribution in [3.05, 3.63) is 94.2 Å². The number of rotatable bonds is 6. The summed E-state index contributed by atoms with van der Waals surface area (Å²) in [5.41, 5.74) is 1.20. The molecule has 4 aromatic rings. The van der Waals surface area contributed by atoms with E-state index in [1.807, 2.05) is 0 Å². The summed E-state index contributed by atoms with van der Waals surface area (Å²) in [6.07, 6.45) is 4.43. The van der Waals surface area contributed by atoms with E-state index in [1.165, 1.54) is 52.8 Å². The third-order valence-electron chi connectivity index (χ3n) is 4.25. The van der Waals surface area contributed by atoms with Crippen molar-refractivity contribution in [3.8, 4) is 0 Å². The van der Waals surface area contributed by atoms with Crippen LogP contribution in [0, 0.1) is 15.9 Å². The minimum Gasteiger partial charge on any atom is -0.467 e. The number of nitro benzene ring substituents is 1. The molecule has 2 aromatic carbocycles. The van der Waals surface area contributed by atoms with Gasteiger partial charge in [-0.1, -0.05) is 11.3 Å². The minimum atomic E-state index is -0.486. The molecule has 0 aliphatic carbocycles. The molecule has 7 nitrogen and oxygen atoms in total. The molecule has 0 saturated carbocycles. The minimum absolute atomic E-state index is 0.0281.